The van der Waals surface area contributed by atoms with Crippen LogP contribution in [0.25, 0.3) is 0 Å². The molecule has 0 aliphatic heterocycles. The zero-order chi connectivity index (χ0) is 12.9. The number of nitrogen functional groups attached to an aromatic ring is 1. The van der Waals surface area contributed by atoms with Crippen LogP contribution in [-0.4, -0.2) is 33.5 Å². The standard InChI is InChI=1S/C12H20N2O2S/c1-3-14(8-5-9-17(2,15)16)12-7-4-6-11(13)10-12/h4,6-7,10H,3,5,8-9,13H2,1-2H3. The van der Waals surface area contributed by atoms with Gasteiger partial charge in [-0.15, -0.1) is 0 Å². The lowest BCUT2D eigenvalue weighted by Gasteiger charge is -2.23. The summed E-state index contributed by atoms with van der Waals surface area (Å²) in [5, 5.41) is 0. The van der Waals surface area contributed by atoms with Crippen LogP contribution in [0.4, 0.5) is 11.4 Å². The van der Waals surface area contributed by atoms with Gasteiger partial charge in [-0.2, -0.15) is 0 Å². The Bertz CT molecular complexity index is 457. The molecule has 0 unspecified atom stereocenters. The lowest BCUT2D eigenvalue weighted by molar-refractivity contribution is 0.598. The van der Waals surface area contributed by atoms with Gasteiger partial charge in [0.15, 0.2) is 0 Å². The number of rotatable bonds is 6. The first-order valence-electron chi connectivity index (χ1n) is 5.70. The molecule has 0 aromatic heterocycles. The number of nitrogens with two attached hydrogens (primary N) is 1. The number of sulfone groups is 1. The van der Waals surface area contributed by atoms with Crippen molar-refractivity contribution in [2.24, 2.45) is 0 Å². The first-order valence-corrected chi connectivity index (χ1v) is 7.76. The van der Waals surface area contributed by atoms with Gasteiger partial charge in [-0.05, 0) is 31.5 Å². The van der Waals surface area contributed by atoms with Gasteiger partial charge in [-0.25, -0.2) is 8.42 Å². The molecule has 0 bridgehead atoms. The van der Waals surface area contributed by atoms with Crippen molar-refractivity contribution in [3.63, 3.8) is 0 Å². The summed E-state index contributed by atoms with van der Waals surface area (Å²) in [6, 6.07) is 7.64. The highest BCUT2D eigenvalue weighted by Crippen LogP contribution is 2.17. The van der Waals surface area contributed by atoms with Crippen molar-refractivity contribution < 1.29 is 8.42 Å². The van der Waals surface area contributed by atoms with Gasteiger partial charge in [-0.3, -0.25) is 0 Å². The summed E-state index contributed by atoms with van der Waals surface area (Å²) in [4.78, 5) is 2.13. The second kappa shape index (κ2) is 5.91. The minimum atomic E-state index is -2.87. The Labute approximate surface area is 103 Å². The molecule has 0 heterocycles. The Hall–Kier alpha value is -1.23. The van der Waals surface area contributed by atoms with E-state index in [1.807, 2.05) is 31.2 Å². The molecule has 1 aromatic rings. The summed E-state index contributed by atoms with van der Waals surface area (Å²) in [5.74, 6) is 0.228. The van der Waals surface area contributed by atoms with Crippen molar-refractivity contribution >= 4 is 21.2 Å². The largest absolute Gasteiger partial charge is 0.399 e. The Kier molecular flexibility index (Phi) is 4.81. The monoisotopic (exact) mass is 256 g/mol. The second-order valence-electron chi connectivity index (χ2n) is 4.16. The molecule has 0 atom stereocenters. The molecular weight excluding hydrogens is 236 g/mol. The van der Waals surface area contributed by atoms with Gasteiger partial charge in [0.2, 0.25) is 0 Å². The van der Waals surface area contributed by atoms with Crippen LogP contribution in [0.1, 0.15) is 13.3 Å². The average Bonchev–Trinajstić information content (AvgIpc) is 2.23. The number of benzene rings is 1. The van der Waals surface area contributed by atoms with Gasteiger partial charge in [0.05, 0.1) is 5.75 Å². The number of nitrogens with zero attached hydrogens (tertiary/aromatic N) is 1. The van der Waals surface area contributed by atoms with Crippen LogP contribution < -0.4 is 10.6 Å². The Balaban J connectivity index is 2.60. The summed E-state index contributed by atoms with van der Waals surface area (Å²) >= 11 is 0. The minimum Gasteiger partial charge on any atom is -0.399 e. The van der Waals surface area contributed by atoms with E-state index in [1.54, 1.807) is 0 Å². The Morgan fingerprint density at radius 1 is 1.35 bits per heavy atom. The molecule has 1 aromatic carbocycles. The van der Waals surface area contributed by atoms with E-state index in [4.69, 9.17) is 5.73 Å². The molecule has 0 amide bonds. The van der Waals surface area contributed by atoms with Gasteiger partial charge in [0, 0.05) is 30.7 Å². The first kappa shape index (κ1) is 13.8. The minimum absolute atomic E-state index is 0.228. The average molecular weight is 256 g/mol. The SMILES string of the molecule is CCN(CCCS(C)(=O)=O)c1cccc(N)c1. The third-order valence-electron chi connectivity index (χ3n) is 2.56. The van der Waals surface area contributed by atoms with Crippen LogP contribution in [0.5, 0.6) is 0 Å². The summed E-state index contributed by atoms with van der Waals surface area (Å²) in [6.45, 7) is 3.61. The number of hydrogen-bond acceptors (Lipinski definition) is 4. The first-order chi connectivity index (χ1) is 7.92. The van der Waals surface area contributed by atoms with Gasteiger partial charge in [0.1, 0.15) is 9.84 Å². The summed E-state index contributed by atoms with van der Waals surface area (Å²) < 4.78 is 22.1. The van der Waals surface area contributed by atoms with E-state index < -0.39 is 9.84 Å². The third kappa shape index (κ3) is 5.08. The van der Waals surface area contributed by atoms with E-state index in [9.17, 15) is 8.42 Å². The lowest BCUT2D eigenvalue weighted by Crippen LogP contribution is -2.25. The second-order valence-corrected chi connectivity index (χ2v) is 6.42. The van der Waals surface area contributed by atoms with Crippen LogP contribution in [-0.2, 0) is 9.84 Å². The van der Waals surface area contributed by atoms with E-state index in [2.05, 4.69) is 4.90 Å². The quantitative estimate of drug-likeness (QED) is 0.784. The summed E-state index contributed by atoms with van der Waals surface area (Å²) in [5.41, 5.74) is 7.50. The Morgan fingerprint density at radius 3 is 2.59 bits per heavy atom. The molecule has 1 rings (SSSR count). The lowest BCUT2D eigenvalue weighted by atomic mass is 10.2. The van der Waals surface area contributed by atoms with E-state index in [-0.39, 0.29) is 5.75 Å². The number of hydrogen-bond donors (Lipinski definition) is 1. The molecule has 0 spiro atoms. The smallest absolute Gasteiger partial charge is 0.147 e. The van der Waals surface area contributed by atoms with Gasteiger partial charge < -0.3 is 10.6 Å². The van der Waals surface area contributed by atoms with E-state index >= 15 is 0 Å². The fraction of sp³-hybridized carbons (Fsp3) is 0.500. The van der Waals surface area contributed by atoms with Crippen molar-refractivity contribution in [2.45, 2.75) is 13.3 Å². The molecule has 17 heavy (non-hydrogen) atoms. The molecule has 0 aliphatic carbocycles. The topological polar surface area (TPSA) is 63.4 Å². The number of anilines is 2. The zero-order valence-electron chi connectivity index (χ0n) is 10.4. The fourth-order valence-corrected chi connectivity index (χ4v) is 2.36. The van der Waals surface area contributed by atoms with Crippen LogP contribution in [0, 0.1) is 0 Å². The van der Waals surface area contributed by atoms with E-state index in [0.29, 0.717) is 6.42 Å². The normalized spacial score (nSPS) is 11.4. The molecule has 96 valence electrons. The van der Waals surface area contributed by atoms with E-state index in [1.165, 1.54) is 6.26 Å². The van der Waals surface area contributed by atoms with Crippen molar-refractivity contribution in [1.82, 2.24) is 0 Å². The Morgan fingerprint density at radius 2 is 2.06 bits per heavy atom. The van der Waals surface area contributed by atoms with Crippen molar-refractivity contribution in [2.75, 3.05) is 35.7 Å². The predicted molar refractivity (Wildman–Crippen MR) is 73.1 cm³/mol. The maximum absolute atomic E-state index is 11.1. The molecular formula is C12H20N2O2S. The highest BCUT2D eigenvalue weighted by atomic mass is 32.2. The maximum atomic E-state index is 11.1. The molecule has 0 saturated carbocycles. The molecule has 0 radical (unpaired) electrons. The highest BCUT2D eigenvalue weighted by molar-refractivity contribution is 7.90. The summed E-state index contributed by atoms with van der Waals surface area (Å²) in [7, 11) is -2.87. The van der Waals surface area contributed by atoms with Gasteiger partial charge in [0.25, 0.3) is 0 Å². The van der Waals surface area contributed by atoms with Crippen molar-refractivity contribution in [1.29, 1.82) is 0 Å². The van der Waals surface area contributed by atoms with Crippen molar-refractivity contribution in [3.05, 3.63) is 24.3 Å². The van der Waals surface area contributed by atoms with Crippen LogP contribution >= 0.6 is 0 Å². The molecule has 0 aliphatic rings. The van der Waals surface area contributed by atoms with Crippen LogP contribution in [0.2, 0.25) is 0 Å². The summed E-state index contributed by atoms with van der Waals surface area (Å²) in [6.07, 6.45) is 1.91. The molecule has 4 nitrogen and oxygen atoms in total. The van der Waals surface area contributed by atoms with Crippen LogP contribution in [0.3, 0.4) is 0 Å². The van der Waals surface area contributed by atoms with Gasteiger partial charge >= 0.3 is 0 Å². The maximum Gasteiger partial charge on any atom is 0.147 e. The zero-order valence-corrected chi connectivity index (χ0v) is 11.2. The van der Waals surface area contributed by atoms with E-state index in [0.717, 1.165) is 24.5 Å². The van der Waals surface area contributed by atoms with Gasteiger partial charge in [-0.1, -0.05) is 6.07 Å². The molecule has 2 N–H and O–H groups in total. The molecule has 0 saturated heterocycles. The van der Waals surface area contributed by atoms with Crippen LogP contribution in [0.15, 0.2) is 24.3 Å². The third-order valence-corrected chi connectivity index (χ3v) is 3.59. The fourth-order valence-electron chi connectivity index (χ4n) is 1.71. The predicted octanol–water partition coefficient (Wildman–Crippen LogP) is 1.53. The van der Waals surface area contributed by atoms with Crippen molar-refractivity contribution in [3.8, 4) is 0 Å². The molecule has 5 heteroatoms. The molecule has 0 fully saturated rings. The highest BCUT2D eigenvalue weighted by Gasteiger charge is 2.07.